The van der Waals surface area contributed by atoms with Gasteiger partial charge >= 0.3 is 0 Å². The molecular formula is C11H14FN3O4S2. The molecule has 1 aromatic rings. The molecule has 0 aliphatic rings. The number of halogens is 1. The molecule has 21 heavy (non-hydrogen) atoms. The number of hydrogen-bond acceptors (Lipinski definition) is 5. The fourth-order valence-electron chi connectivity index (χ4n) is 1.35. The summed E-state index contributed by atoms with van der Waals surface area (Å²) in [5.74, 6) is 3.48. The molecule has 0 heterocycles. The minimum Gasteiger partial charge on any atom is -0.320 e. The van der Waals surface area contributed by atoms with E-state index < -0.39 is 43.1 Å². The van der Waals surface area contributed by atoms with Gasteiger partial charge in [0.05, 0.1) is 12.3 Å². The van der Waals surface area contributed by atoms with Crippen molar-refractivity contribution in [2.45, 2.75) is 4.90 Å². The van der Waals surface area contributed by atoms with Gasteiger partial charge in [0.2, 0.25) is 20.0 Å². The van der Waals surface area contributed by atoms with Crippen LogP contribution in [0.5, 0.6) is 0 Å². The molecule has 0 saturated carbocycles. The van der Waals surface area contributed by atoms with Crippen LogP contribution in [0, 0.1) is 17.7 Å². The summed E-state index contributed by atoms with van der Waals surface area (Å²) in [6.45, 7) is -0.355. The zero-order valence-corrected chi connectivity index (χ0v) is 12.5. The van der Waals surface area contributed by atoms with E-state index in [-0.39, 0.29) is 12.1 Å². The predicted octanol–water partition coefficient (Wildman–Crippen LogP) is -1.30. The van der Waals surface area contributed by atoms with Gasteiger partial charge in [0, 0.05) is 12.1 Å². The van der Waals surface area contributed by atoms with Gasteiger partial charge in [-0.15, -0.1) is 0 Å². The molecule has 116 valence electrons. The third-order valence-corrected chi connectivity index (χ3v) is 4.50. The third kappa shape index (κ3) is 5.78. The second-order valence-corrected chi connectivity index (χ2v) is 7.39. The van der Waals surface area contributed by atoms with Gasteiger partial charge in [0.15, 0.2) is 0 Å². The Balaban J connectivity index is 2.94. The van der Waals surface area contributed by atoms with Crippen molar-refractivity contribution in [2.24, 2.45) is 10.9 Å². The van der Waals surface area contributed by atoms with Crippen molar-refractivity contribution in [3.8, 4) is 11.8 Å². The highest BCUT2D eigenvalue weighted by molar-refractivity contribution is 7.90. The number of hydrogen-bond donors (Lipinski definition) is 3. The number of rotatable bonds is 5. The molecule has 1 rings (SSSR count). The van der Waals surface area contributed by atoms with E-state index in [4.69, 9.17) is 10.9 Å². The number of sulfonamides is 2. The Labute approximate surface area is 122 Å². The van der Waals surface area contributed by atoms with Crippen LogP contribution in [0.2, 0.25) is 0 Å². The summed E-state index contributed by atoms with van der Waals surface area (Å²) in [5, 5.41) is 4.74. The average molecular weight is 335 g/mol. The van der Waals surface area contributed by atoms with Crippen molar-refractivity contribution in [2.75, 3.05) is 18.8 Å². The number of primary sulfonamides is 1. The van der Waals surface area contributed by atoms with Crippen LogP contribution in [-0.4, -0.2) is 35.7 Å². The van der Waals surface area contributed by atoms with Gasteiger partial charge in [-0.25, -0.2) is 31.1 Å². The third-order valence-electron chi connectivity index (χ3n) is 2.23. The van der Waals surface area contributed by atoms with Crippen LogP contribution in [0.4, 0.5) is 4.39 Å². The molecule has 0 aromatic heterocycles. The van der Waals surface area contributed by atoms with Crippen molar-refractivity contribution in [1.29, 1.82) is 0 Å². The number of nitrogens with one attached hydrogen (secondary N) is 1. The first kappa shape index (κ1) is 17.5. The molecule has 0 bridgehead atoms. The van der Waals surface area contributed by atoms with Gasteiger partial charge < -0.3 is 5.73 Å². The lowest BCUT2D eigenvalue weighted by atomic mass is 10.2. The van der Waals surface area contributed by atoms with E-state index in [9.17, 15) is 21.2 Å². The van der Waals surface area contributed by atoms with Crippen LogP contribution in [-0.2, 0) is 20.0 Å². The zero-order valence-electron chi connectivity index (χ0n) is 10.8. The Morgan fingerprint density at radius 1 is 1.24 bits per heavy atom. The Kier molecular flexibility index (Phi) is 5.82. The standard InChI is InChI=1S/C11H14FN3O4S2/c12-10-8-9(2-1-5-13)3-4-11(10)21(18,19)15-6-7-20(14,16)17/h3-4,8,15H,5-7,13H2,(H2,14,16,17). The quantitative estimate of drug-likeness (QED) is 0.576. The lowest BCUT2D eigenvalue weighted by Crippen LogP contribution is -2.32. The van der Waals surface area contributed by atoms with Gasteiger partial charge in [-0.05, 0) is 18.2 Å². The van der Waals surface area contributed by atoms with Crippen molar-refractivity contribution in [3.05, 3.63) is 29.6 Å². The zero-order chi connectivity index (χ0) is 16.1. The molecule has 1 aromatic carbocycles. The lowest BCUT2D eigenvalue weighted by Gasteiger charge is -2.07. The van der Waals surface area contributed by atoms with Crippen molar-refractivity contribution >= 4 is 20.0 Å². The van der Waals surface area contributed by atoms with Gasteiger partial charge in [0.25, 0.3) is 0 Å². The summed E-state index contributed by atoms with van der Waals surface area (Å²) >= 11 is 0. The van der Waals surface area contributed by atoms with E-state index in [0.717, 1.165) is 12.1 Å². The largest absolute Gasteiger partial charge is 0.320 e. The summed E-state index contributed by atoms with van der Waals surface area (Å²) in [6.07, 6.45) is 0. The SMILES string of the molecule is NCC#Cc1ccc(S(=O)(=O)NCCS(N)(=O)=O)c(F)c1. The van der Waals surface area contributed by atoms with Gasteiger partial charge in [-0.2, -0.15) is 0 Å². The molecule has 0 atom stereocenters. The second-order valence-electron chi connectivity index (χ2n) is 3.92. The minimum absolute atomic E-state index is 0.0940. The van der Waals surface area contributed by atoms with E-state index in [2.05, 4.69) is 11.8 Å². The van der Waals surface area contributed by atoms with Gasteiger partial charge in [-0.3, -0.25) is 0 Å². The fourth-order valence-corrected chi connectivity index (χ4v) is 2.95. The van der Waals surface area contributed by atoms with Gasteiger partial charge in [-0.1, -0.05) is 11.8 Å². The molecule has 5 N–H and O–H groups in total. The number of benzene rings is 1. The van der Waals surface area contributed by atoms with E-state index in [1.54, 1.807) is 0 Å². The van der Waals surface area contributed by atoms with E-state index in [1.165, 1.54) is 6.07 Å². The Morgan fingerprint density at radius 2 is 1.90 bits per heavy atom. The monoisotopic (exact) mass is 335 g/mol. The lowest BCUT2D eigenvalue weighted by molar-refractivity contribution is 0.558. The smallest absolute Gasteiger partial charge is 0.243 e. The summed E-state index contributed by atoms with van der Waals surface area (Å²) < 4.78 is 60.8. The maximum absolute atomic E-state index is 13.8. The molecule has 0 amide bonds. The molecule has 0 spiro atoms. The maximum atomic E-state index is 13.8. The van der Waals surface area contributed by atoms with Crippen molar-refractivity contribution in [1.82, 2.24) is 4.72 Å². The first-order chi connectivity index (χ1) is 9.65. The van der Waals surface area contributed by atoms with Crippen LogP contribution in [0.15, 0.2) is 23.1 Å². The Morgan fingerprint density at radius 3 is 2.43 bits per heavy atom. The first-order valence-electron chi connectivity index (χ1n) is 5.64. The van der Waals surface area contributed by atoms with Crippen LogP contribution < -0.4 is 15.6 Å². The highest BCUT2D eigenvalue weighted by Gasteiger charge is 2.19. The van der Waals surface area contributed by atoms with Gasteiger partial charge in [0.1, 0.15) is 10.7 Å². The molecule has 0 fully saturated rings. The molecule has 0 saturated heterocycles. The predicted molar refractivity (Wildman–Crippen MR) is 75.5 cm³/mol. The summed E-state index contributed by atoms with van der Waals surface area (Å²) in [6, 6.07) is 3.31. The molecule has 7 nitrogen and oxygen atoms in total. The highest BCUT2D eigenvalue weighted by atomic mass is 32.2. The Hall–Kier alpha value is -1.51. The summed E-state index contributed by atoms with van der Waals surface area (Å²) in [4.78, 5) is -0.602. The van der Waals surface area contributed by atoms with Crippen LogP contribution >= 0.6 is 0 Å². The molecule has 10 heteroatoms. The van der Waals surface area contributed by atoms with E-state index >= 15 is 0 Å². The highest BCUT2D eigenvalue weighted by Crippen LogP contribution is 2.15. The molecule has 0 aliphatic carbocycles. The Bertz CT molecular complexity index is 779. The van der Waals surface area contributed by atoms with Crippen LogP contribution in [0.1, 0.15) is 5.56 Å². The maximum Gasteiger partial charge on any atom is 0.243 e. The molecule has 0 radical (unpaired) electrons. The summed E-state index contributed by atoms with van der Waals surface area (Å²) in [7, 11) is -7.98. The van der Waals surface area contributed by atoms with Crippen molar-refractivity contribution < 1.29 is 21.2 Å². The fraction of sp³-hybridized carbons (Fsp3) is 0.273. The van der Waals surface area contributed by atoms with E-state index in [1.807, 2.05) is 4.72 Å². The summed E-state index contributed by atoms with van der Waals surface area (Å²) in [5.41, 5.74) is 5.45. The van der Waals surface area contributed by atoms with E-state index in [0.29, 0.717) is 0 Å². The van der Waals surface area contributed by atoms with Crippen LogP contribution in [0.25, 0.3) is 0 Å². The molecule has 0 unspecified atom stereocenters. The van der Waals surface area contributed by atoms with Crippen LogP contribution in [0.3, 0.4) is 0 Å². The second kappa shape index (κ2) is 6.97. The molecular weight excluding hydrogens is 321 g/mol. The first-order valence-corrected chi connectivity index (χ1v) is 8.84. The molecule has 0 aliphatic heterocycles. The minimum atomic E-state index is -4.17. The van der Waals surface area contributed by atoms with Crippen molar-refractivity contribution in [3.63, 3.8) is 0 Å². The topological polar surface area (TPSA) is 132 Å². The average Bonchev–Trinajstić information content (AvgIpc) is 2.34. The number of nitrogens with two attached hydrogens (primary N) is 2. The normalized spacial score (nSPS) is 11.8.